The van der Waals surface area contributed by atoms with Crippen molar-refractivity contribution in [3.8, 4) is 11.1 Å². The Kier molecular flexibility index (Phi) is 7.23. The summed E-state index contributed by atoms with van der Waals surface area (Å²) < 4.78 is 1.32. The van der Waals surface area contributed by atoms with Crippen LogP contribution in [0.2, 0.25) is 0 Å². The van der Waals surface area contributed by atoms with Gasteiger partial charge in [-0.15, -0.1) is 5.10 Å². The first kappa shape index (κ1) is 21.7. The monoisotopic (exact) mass is 423 g/mol. The van der Waals surface area contributed by atoms with Gasteiger partial charge in [0.2, 0.25) is 0 Å². The van der Waals surface area contributed by atoms with Gasteiger partial charge >= 0.3 is 0 Å². The van der Waals surface area contributed by atoms with E-state index in [0.29, 0.717) is 11.0 Å². The molecule has 0 aliphatic heterocycles. The Morgan fingerprint density at radius 1 is 0.844 bits per heavy atom. The van der Waals surface area contributed by atoms with E-state index in [0.717, 1.165) is 12.0 Å². The van der Waals surface area contributed by atoms with Crippen LogP contribution < -0.4 is 0 Å². The first-order chi connectivity index (χ1) is 15.7. The van der Waals surface area contributed by atoms with Crippen molar-refractivity contribution in [1.82, 2.24) is 15.0 Å². The van der Waals surface area contributed by atoms with Gasteiger partial charge in [0.15, 0.2) is 0 Å². The quantitative estimate of drug-likeness (QED) is 0.216. The van der Waals surface area contributed by atoms with Crippen LogP contribution in [0.4, 0.5) is 0 Å². The number of nitrogens with zero attached hydrogens (tertiary/aromatic N) is 3. The molecule has 162 valence electrons. The van der Waals surface area contributed by atoms with Crippen molar-refractivity contribution in [3.63, 3.8) is 0 Å². The predicted octanol–water partition coefficient (Wildman–Crippen LogP) is 6.96. The minimum absolute atomic E-state index is 0.215. The molecule has 0 aliphatic rings. The Balaban J connectivity index is 1.36. The van der Waals surface area contributed by atoms with E-state index in [1.165, 1.54) is 59.6 Å². The smallest absolute Gasteiger partial charge is 0.267 e. The molecular formula is C28H29N3O. The maximum absolute atomic E-state index is 12.5. The van der Waals surface area contributed by atoms with Gasteiger partial charge in [-0.25, -0.2) is 0 Å². The van der Waals surface area contributed by atoms with Gasteiger partial charge < -0.3 is 0 Å². The molecule has 0 saturated carbocycles. The lowest BCUT2D eigenvalue weighted by Crippen LogP contribution is -2.08. The SMILES string of the molecule is CCCCCCCc1ccc(-c2ccc(/C=C/C(=O)n3nnc4ccccc43)cc2)cc1. The highest BCUT2D eigenvalue weighted by Gasteiger charge is 2.08. The first-order valence-corrected chi connectivity index (χ1v) is 11.5. The number of hydrogen-bond donors (Lipinski definition) is 0. The average Bonchev–Trinajstić information content (AvgIpc) is 3.28. The second kappa shape index (κ2) is 10.7. The fraction of sp³-hybridized carbons (Fsp3) is 0.250. The van der Waals surface area contributed by atoms with E-state index in [1.807, 2.05) is 42.5 Å². The van der Waals surface area contributed by atoms with E-state index in [4.69, 9.17) is 0 Å². The lowest BCUT2D eigenvalue weighted by Gasteiger charge is -2.06. The summed E-state index contributed by atoms with van der Waals surface area (Å²) in [7, 11) is 0. The molecular weight excluding hydrogens is 394 g/mol. The summed E-state index contributed by atoms with van der Waals surface area (Å²) in [5.74, 6) is -0.215. The topological polar surface area (TPSA) is 47.8 Å². The minimum atomic E-state index is -0.215. The molecule has 32 heavy (non-hydrogen) atoms. The maximum atomic E-state index is 12.5. The fourth-order valence-electron chi connectivity index (χ4n) is 3.85. The van der Waals surface area contributed by atoms with Crippen LogP contribution in [0.5, 0.6) is 0 Å². The highest BCUT2D eigenvalue weighted by atomic mass is 16.2. The van der Waals surface area contributed by atoms with Crippen LogP contribution in [0.25, 0.3) is 28.2 Å². The molecule has 0 N–H and O–H groups in total. The summed E-state index contributed by atoms with van der Waals surface area (Å²) >= 11 is 0. The highest BCUT2D eigenvalue weighted by molar-refractivity contribution is 5.98. The zero-order chi connectivity index (χ0) is 22.2. The Hall–Kier alpha value is -3.53. The summed E-state index contributed by atoms with van der Waals surface area (Å²) in [5.41, 5.74) is 6.17. The molecule has 1 heterocycles. The van der Waals surface area contributed by atoms with Crippen molar-refractivity contribution in [2.75, 3.05) is 0 Å². The maximum Gasteiger partial charge on any atom is 0.272 e. The van der Waals surface area contributed by atoms with Crippen molar-refractivity contribution in [1.29, 1.82) is 0 Å². The lowest BCUT2D eigenvalue weighted by molar-refractivity contribution is 0.0958. The van der Waals surface area contributed by atoms with E-state index >= 15 is 0 Å². The van der Waals surface area contributed by atoms with Gasteiger partial charge in [0.25, 0.3) is 5.91 Å². The summed E-state index contributed by atoms with van der Waals surface area (Å²) in [6.45, 7) is 2.25. The highest BCUT2D eigenvalue weighted by Crippen LogP contribution is 2.22. The predicted molar refractivity (Wildman–Crippen MR) is 132 cm³/mol. The second-order valence-corrected chi connectivity index (χ2v) is 8.14. The molecule has 0 fully saturated rings. The third-order valence-corrected chi connectivity index (χ3v) is 5.75. The van der Waals surface area contributed by atoms with Crippen LogP contribution in [0.3, 0.4) is 0 Å². The van der Waals surface area contributed by atoms with Crippen LogP contribution in [-0.2, 0) is 6.42 Å². The number of para-hydroxylation sites is 1. The zero-order valence-corrected chi connectivity index (χ0v) is 18.6. The number of carbonyl (C=O) groups excluding carboxylic acids is 1. The number of carbonyl (C=O) groups is 1. The largest absolute Gasteiger partial charge is 0.272 e. The van der Waals surface area contributed by atoms with E-state index in [-0.39, 0.29) is 5.91 Å². The number of unbranched alkanes of at least 4 members (excludes halogenated alkanes) is 4. The van der Waals surface area contributed by atoms with Crippen molar-refractivity contribution < 1.29 is 4.79 Å². The van der Waals surface area contributed by atoms with Crippen LogP contribution >= 0.6 is 0 Å². The number of allylic oxidation sites excluding steroid dienone is 1. The molecule has 3 aromatic carbocycles. The summed E-state index contributed by atoms with van der Waals surface area (Å²) in [6, 6.07) is 24.6. The molecule has 1 aromatic heterocycles. The van der Waals surface area contributed by atoms with Crippen molar-refractivity contribution in [2.45, 2.75) is 45.4 Å². The van der Waals surface area contributed by atoms with Gasteiger partial charge in [0.1, 0.15) is 5.52 Å². The Morgan fingerprint density at radius 2 is 1.53 bits per heavy atom. The van der Waals surface area contributed by atoms with Gasteiger partial charge in [0.05, 0.1) is 5.52 Å². The molecule has 0 saturated heterocycles. The normalized spacial score (nSPS) is 11.4. The molecule has 4 nitrogen and oxygen atoms in total. The standard InChI is InChI=1S/C28H29N3O/c1-2-3-4-5-6-9-22-12-17-24(18-13-22)25-19-14-23(15-20-25)16-21-28(32)31-27-11-8-7-10-26(27)29-30-31/h7-8,10-21H,2-6,9H2,1H3/b21-16+. The van der Waals surface area contributed by atoms with Gasteiger partial charge in [-0.3, -0.25) is 4.79 Å². The van der Waals surface area contributed by atoms with Gasteiger partial charge in [-0.2, -0.15) is 4.68 Å². The van der Waals surface area contributed by atoms with Crippen molar-refractivity contribution in [3.05, 3.63) is 90.0 Å². The zero-order valence-electron chi connectivity index (χ0n) is 18.6. The molecule has 4 heteroatoms. The molecule has 0 aliphatic carbocycles. The molecule has 0 unspecified atom stereocenters. The van der Waals surface area contributed by atoms with Crippen molar-refractivity contribution >= 4 is 23.0 Å². The van der Waals surface area contributed by atoms with Crippen LogP contribution in [0.15, 0.2) is 78.9 Å². The summed E-state index contributed by atoms with van der Waals surface area (Å²) in [5, 5.41) is 8.00. The molecule has 4 aromatic rings. The molecule has 0 spiro atoms. The number of benzene rings is 3. The fourth-order valence-corrected chi connectivity index (χ4v) is 3.85. The first-order valence-electron chi connectivity index (χ1n) is 11.5. The second-order valence-electron chi connectivity index (χ2n) is 8.14. The van der Waals surface area contributed by atoms with Gasteiger partial charge in [-0.05, 0) is 53.3 Å². The number of fused-ring (bicyclic) bond motifs is 1. The number of aryl methyl sites for hydroxylation is 1. The molecule has 0 atom stereocenters. The third kappa shape index (κ3) is 5.38. The number of aromatic nitrogens is 3. The summed E-state index contributed by atoms with van der Waals surface area (Å²) in [6.07, 6.45) is 11.1. The number of hydrogen-bond acceptors (Lipinski definition) is 3. The number of rotatable bonds is 9. The Morgan fingerprint density at radius 3 is 2.28 bits per heavy atom. The van der Waals surface area contributed by atoms with E-state index < -0.39 is 0 Å². The Labute approximate surface area is 189 Å². The van der Waals surface area contributed by atoms with E-state index in [2.05, 4.69) is 53.6 Å². The van der Waals surface area contributed by atoms with E-state index in [1.54, 1.807) is 0 Å². The molecule has 0 radical (unpaired) electrons. The average molecular weight is 424 g/mol. The minimum Gasteiger partial charge on any atom is -0.267 e. The van der Waals surface area contributed by atoms with Crippen LogP contribution in [-0.4, -0.2) is 20.9 Å². The molecule has 0 amide bonds. The van der Waals surface area contributed by atoms with Gasteiger partial charge in [-0.1, -0.05) is 98.5 Å². The summed E-state index contributed by atoms with van der Waals surface area (Å²) in [4.78, 5) is 12.5. The van der Waals surface area contributed by atoms with Crippen molar-refractivity contribution in [2.24, 2.45) is 0 Å². The van der Waals surface area contributed by atoms with Gasteiger partial charge in [0, 0.05) is 6.08 Å². The third-order valence-electron chi connectivity index (χ3n) is 5.75. The van der Waals surface area contributed by atoms with Crippen LogP contribution in [0, 0.1) is 0 Å². The molecule has 4 rings (SSSR count). The molecule has 0 bridgehead atoms. The lowest BCUT2D eigenvalue weighted by atomic mass is 10.00. The van der Waals surface area contributed by atoms with Crippen LogP contribution in [0.1, 0.15) is 54.9 Å². The Bertz CT molecular complexity index is 1190. The van der Waals surface area contributed by atoms with E-state index in [9.17, 15) is 4.79 Å².